The second-order valence-electron chi connectivity index (χ2n) is 21.3. The van der Waals surface area contributed by atoms with Gasteiger partial charge in [0.2, 0.25) is 8.60 Å². The molecule has 0 saturated heterocycles. The van der Waals surface area contributed by atoms with Crippen molar-refractivity contribution in [3.8, 4) is 11.5 Å². The number of hydrogen-bond donors (Lipinski definition) is 2. The van der Waals surface area contributed by atoms with E-state index in [4.69, 9.17) is 9.05 Å². The van der Waals surface area contributed by atoms with Crippen LogP contribution in [-0.2, 0) is 10.1 Å². The third-order valence-electron chi connectivity index (χ3n) is 14.1. The van der Waals surface area contributed by atoms with E-state index in [0.29, 0.717) is 11.5 Å². The summed E-state index contributed by atoms with van der Waals surface area (Å²) < 4.78 is 41.0. The Morgan fingerprint density at radius 3 is 0.724 bits per heavy atom. The minimum absolute atomic E-state index is 0.185. The van der Waals surface area contributed by atoms with Gasteiger partial charge in [-0.3, -0.25) is 0 Å². The Morgan fingerprint density at radius 2 is 0.539 bits per heavy atom. The van der Waals surface area contributed by atoms with Gasteiger partial charge < -0.3 is 29.1 Å². The molecule has 0 aliphatic carbocycles. The highest BCUT2D eigenvalue weighted by atomic mass is 32.2. The third kappa shape index (κ3) is 56.2. The number of unbranched alkanes of at least 4 members (excludes halogenated alkanes) is 40. The largest absolute Gasteiger partial charge is 0.765 e. The van der Waals surface area contributed by atoms with Crippen LogP contribution in [0.25, 0.3) is 0 Å². The third-order valence-corrected chi connectivity index (χ3v) is 15.6. The van der Waals surface area contributed by atoms with Gasteiger partial charge in [-0.05, 0) is 62.1 Å². The molecular formula is C66H119N2O6PS. The lowest BCUT2D eigenvalue weighted by atomic mass is 10.0. The molecule has 3 rings (SSSR count). The van der Waals surface area contributed by atoms with Crippen LogP contribution in [0.5, 0.6) is 11.5 Å². The molecule has 0 saturated carbocycles. The van der Waals surface area contributed by atoms with Gasteiger partial charge in [0.1, 0.15) is 21.6 Å². The number of nitrogens with two attached hydrogens (primary N) is 2. The first-order valence-electron chi connectivity index (χ1n) is 31.8. The van der Waals surface area contributed by atoms with Crippen molar-refractivity contribution in [1.29, 1.82) is 0 Å². The van der Waals surface area contributed by atoms with Crippen LogP contribution < -0.4 is 24.6 Å². The molecule has 0 aliphatic heterocycles. The maximum atomic E-state index is 11.5. The van der Waals surface area contributed by atoms with Gasteiger partial charge in [0, 0.05) is 0 Å². The highest BCUT2D eigenvalue weighted by molar-refractivity contribution is 7.85. The van der Waals surface area contributed by atoms with E-state index in [-0.39, 0.29) is 4.90 Å². The summed E-state index contributed by atoms with van der Waals surface area (Å²) in [4.78, 5) is 11.3. The van der Waals surface area contributed by atoms with Gasteiger partial charge >= 0.3 is 0 Å². The molecule has 0 aromatic heterocycles. The van der Waals surface area contributed by atoms with Crippen LogP contribution in [0.3, 0.4) is 0 Å². The van der Waals surface area contributed by atoms with Gasteiger partial charge in [-0.2, -0.15) is 0 Å². The number of benzene rings is 3. The second kappa shape index (κ2) is 60.1. The van der Waals surface area contributed by atoms with Crippen molar-refractivity contribution in [2.75, 3.05) is 27.2 Å². The number of rotatable bonds is 49. The van der Waals surface area contributed by atoms with Crippen LogP contribution in [0.4, 0.5) is 0 Å². The molecule has 4 N–H and O–H groups in total. The van der Waals surface area contributed by atoms with Crippen LogP contribution in [0.2, 0.25) is 0 Å². The molecule has 0 atom stereocenters. The van der Waals surface area contributed by atoms with Crippen LogP contribution >= 0.6 is 8.60 Å². The van der Waals surface area contributed by atoms with E-state index < -0.39 is 18.7 Å². The molecule has 76 heavy (non-hydrogen) atoms. The molecule has 0 bridgehead atoms. The van der Waals surface area contributed by atoms with Crippen LogP contribution in [0.1, 0.15) is 284 Å². The molecule has 3 aromatic carbocycles. The summed E-state index contributed by atoms with van der Waals surface area (Å²) in [5.74, 6) is 1.05. The van der Waals surface area contributed by atoms with E-state index in [1.165, 1.54) is 307 Å². The van der Waals surface area contributed by atoms with E-state index in [9.17, 15) is 17.9 Å². The van der Waals surface area contributed by atoms with E-state index in [1.54, 1.807) is 54.6 Å². The zero-order valence-corrected chi connectivity index (χ0v) is 51.4. The lowest BCUT2D eigenvalue weighted by Gasteiger charge is -2.22. The SMILES string of the molecule is CCCCCCCCCCCCCCCCCCCCCCC[NH2+]C.CCCCCCCCCCCCCCCCCCCCCCC[NH2+]C.O=S(=O)([O-])c1ccccc1.[O-]P(Oc1ccccc1)Oc1ccccc1. The van der Waals surface area contributed by atoms with Gasteiger partial charge in [0.15, 0.2) is 0 Å². The number of hydrogen-bond acceptors (Lipinski definition) is 6. The van der Waals surface area contributed by atoms with E-state index in [0.717, 1.165) is 0 Å². The Labute approximate surface area is 472 Å². The fourth-order valence-corrected chi connectivity index (χ4v) is 10.4. The molecule has 3 aromatic rings. The molecule has 10 heteroatoms. The molecular weight excluding hydrogens is 980 g/mol. The fourth-order valence-electron chi connectivity index (χ4n) is 9.30. The first kappa shape index (κ1) is 73.5. The maximum absolute atomic E-state index is 11.5. The molecule has 0 spiro atoms. The quantitative estimate of drug-likeness (QED) is 0.0329. The lowest BCUT2D eigenvalue weighted by molar-refractivity contribution is -0.627. The van der Waals surface area contributed by atoms with Gasteiger partial charge in [-0.15, -0.1) is 0 Å². The zero-order chi connectivity index (χ0) is 55.4. The second-order valence-corrected chi connectivity index (χ2v) is 23.5. The van der Waals surface area contributed by atoms with Crippen LogP contribution in [0.15, 0.2) is 95.9 Å². The first-order chi connectivity index (χ1) is 37.3. The monoisotopic (exact) mass is 1100 g/mol. The predicted molar refractivity (Wildman–Crippen MR) is 326 cm³/mol. The highest BCUT2D eigenvalue weighted by Crippen LogP contribution is 2.32. The van der Waals surface area contributed by atoms with Gasteiger partial charge in [-0.25, -0.2) is 8.42 Å². The summed E-state index contributed by atoms with van der Waals surface area (Å²) in [5, 5.41) is 4.60. The fraction of sp³-hybridized carbons (Fsp3) is 0.727. The number of quaternary nitrogens is 2. The smallest absolute Gasteiger partial charge is 0.210 e. The Hall–Kier alpha value is -2.52. The van der Waals surface area contributed by atoms with Crippen LogP contribution in [0, 0.1) is 0 Å². The molecule has 0 amide bonds. The lowest BCUT2D eigenvalue weighted by Crippen LogP contribution is -2.79. The summed E-state index contributed by atoms with van der Waals surface area (Å²) in [6.07, 6.45) is 61.8. The molecule has 0 unspecified atom stereocenters. The maximum Gasteiger partial charge on any atom is 0.210 e. The molecule has 8 nitrogen and oxygen atoms in total. The van der Waals surface area contributed by atoms with E-state index >= 15 is 0 Å². The Kier molecular flexibility index (Phi) is 58.1. The zero-order valence-electron chi connectivity index (χ0n) is 49.7. The number of para-hydroxylation sites is 2. The average molecular weight is 1100 g/mol. The molecule has 440 valence electrons. The van der Waals surface area contributed by atoms with Gasteiger partial charge in [-0.1, -0.05) is 312 Å². The van der Waals surface area contributed by atoms with Crippen molar-refractivity contribution >= 4 is 18.7 Å². The normalized spacial score (nSPS) is 11.0. The molecule has 0 radical (unpaired) electrons. The Balaban J connectivity index is 0.00000103. The van der Waals surface area contributed by atoms with E-state index in [2.05, 4.69) is 38.6 Å². The summed E-state index contributed by atoms with van der Waals surface area (Å²) in [7, 11) is -2.08. The molecule has 0 fully saturated rings. The van der Waals surface area contributed by atoms with Crippen LogP contribution in [-0.4, -0.2) is 40.2 Å². The summed E-state index contributed by atoms with van der Waals surface area (Å²) in [6, 6.07) is 25.0. The van der Waals surface area contributed by atoms with Crippen molar-refractivity contribution in [3.05, 3.63) is 91.0 Å². The van der Waals surface area contributed by atoms with E-state index in [1.807, 2.05) is 12.1 Å². The minimum Gasteiger partial charge on any atom is -0.765 e. The van der Waals surface area contributed by atoms with Crippen molar-refractivity contribution in [3.63, 3.8) is 0 Å². The topological polar surface area (TPSA) is 132 Å². The summed E-state index contributed by atoms with van der Waals surface area (Å²) in [6.45, 7) is 7.24. The van der Waals surface area contributed by atoms with Gasteiger partial charge in [0.05, 0.1) is 32.1 Å². The van der Waals surface area contributed by atoms with Crippen molar-refractivity contribution in [2.24, 2.45) is 0 Å². The standard InChI is InChI=1S/2C24H51N.C12H10O3P.C6H6O3S/c2*1-3-4-5-6-7-8-9-10-11-12-13-14-15-16-17-18-19-20-21-22-23-24-25-2;13-16(14-11-7-3-1-4-8-11)15-12-9-5-2-6-10-12;7-10(8,9)6-4-2-1-3-5-6/h2*25H,3-24H2,1-2H3;1-10H;1-5H,(H,7,8,9)/q;;-1;/p+1. The Morgan fingerprint density at radius 1 is 0.342 bits per heavy atom. The average Bonchev–Trinajstić information content (AvgIpc) is 3.43. The van der Waals surface area contributed by atoms with Crippen molar-refractivity contribution in [1.82, 2.24) is 0 Å². The summed E-state index contributed by atoms with van der Waals surface area (Å²) >= 11 is 0. The summed E-state index contributed by atoms with van der Waals surface area (Å²) in [5.41, 5.74) is 0. The minimum atomic E-state index is -4.25. The molecule has 0 heterocycles. The first-order valence-corrected chi connectivity index (χ1v) is 34.3. The predicted octanol–water partition coefficient (Wildman–Crippen LogP) is 18.1. The molecule has 0 aliphatic rings. The highest BCUT2D eigenvalue weighted by Gasteiger charge is 2.02. The van der Waals surface area contributed by atoms with Crippen molar-refractivity contribution in [2.45, 2.75) is 288 Å². The Bertz CT molecular complexity index is 1510. The van der Waals surface area contributed by atoms with Crippen molar-refractivity contribution < 1.29 is 37.5 Å². The van der Waals surface area contributed by atoms with Gasteiger partial charge in [0.25, 0.3) is 0 Å².